The first-order valence-corrected chi connectivity index (χ1v) is 6.17. The topological polar surface area (TPSA) is 12.9 Å². The molecule has 0 N–H and O–H groups in total. The number of hydrogen-bond acceptors (Lipinski definition) is 1. The second kappa shape index (κ2) is 4.93. The lowest BCUT2D eigenvalue weighted by molar-refractivity contribution is 0.628. The average Bonchev–Trinajstić information content (AvgIpc) is 2.30. The second-order valence-electron chi connectivity index (χ2n) is 3.33. The van der Waals surface area contributed by atoms with Gasteiger partial charge in [-0.3, -0.25) is 0 Å². The molecule has 1 heterocycles. The van der Waals surface area contributed by atoms with Crippen LogP contribution in [-0.4, -0.2) is 4.98 Å². The van der Waals surface area contributed by atoms with Gasteiger partial charge < -0.3 is 0 Å². The minimum Gasteiger partial charge on any atom is -0.244 e. The lowest BCUT2D eigenvalue weighted by atomic mass is 10.1. The summed E-state index contributed by atoms with van der Waals surface area (Å²) in [4.78, 5) is 4.07. The zero-order valence-corrected chi connectivity index (χ0v) is 10.6. The van der Waals surface area contributed by atoms with E-state index in [2.05, 4.69) is 20.9 Å². The van der Waals surface area contributed by atoms with Gasteiger partial charge in [-0.15, -0.1) is 0 Å². The summed E-state index contributed by atoms with van der Waals surface area (Å²) < 4.78 is 13.1. The highest BCUT2D eigenvalue weighted by atomic mass is 79.9. The Balaban J connectivity index is 2.54. The largest absolute Gasteiger partial charge is 0.244 e. The second-order valence-corrected chi connectivity index (χ2v) is 4.24. The number of halogens is 3. The summed E-state index contributed by atoms with van der Waals surface area (Å²) in [5, 5.41) is 1.08. The van der Waals surface area contributed by atoms with Crippen LogP contribution in [0.15, 0.2) is 36.5 Å². The summed E-state index contributed by atoms with van der Waals surface area (Å²) in [5.41, 5.74) is 2.49. The fourth-order valence-corrected chi connectivity index (χ4v) is 1.94. The van der Waals surface area contributed by atoms with E-state index >= 15 is 0 Å². The van der Waals surface area contributed by atoms with Crippen molar-refractivity contribution in [2.24, 2.45) is 0 Å². The molecule has 0 aliphatic carbocycles. The van der Waals surface area contributed by atoms with Crippen molar-refractivity contribution in [2.45, 2.75) is 5.33 Å². The molecule has 0 unspecified atom stereocenters. The molecule has 4 heteroatoms. The van der Waals surface area contributed by atoms with Crippen molar-refractivity contribution in [3.63, 3.8) is 0 Å². The third-order valence-electron chi connectivity index (χ3n) is 2.19. The molecule has 1 nitrogen and oxygen atoms in total. The van der Waals surface area contributed by atoms with Gasteiger partial charge in [-0.2, -0.15) is 0 Å². The molecule has 16 heavy (non-hydrogen) atoms. The highest BCUT2D eigenvalue weighted by Crippen LogP contribution is 2.27. The Morgan fingerprint density at radius 1 is 1.31 bits per heavy atom. The predicted molar refractivity (Wildman–Crippen MR) is 67.3 cm³/mol. The average molecular weight is 301 g/mol. The maximum absolute atomic E-state index is 13.1. The van der Waals surface area contributed by atoms with Gasteiger partial charge in [0.15, 0.2) is 0 Å². The molecule has 1 aromatic heterocycles. The van der Waals surface area contributed by atoms with Gasteiger partial charge in [-0.1, -0.05) is 39.7 Å². The molecule has 0 radical (unpaired) electrons. The first-order chi connectivity index (χ1) is 7.70. The van der Waals surface area contributed by atoms with Crippen LogP contribution in [-0.2, 0) is 5.33 Å². The summed E-state index contributed by atoms with van der Waals surface area (Å²) >= 11 is 9.34. The molecular weight excluding hydrogens is 292 g/mol. The fourth-order valence-electron chi connectivity index (χ4n) is 1.42. The molecule has 1 aromatic carbocycles. The Labute approximate surface area is 106 Å². The van der Waals surface area contributed by atoms with Gasteiger partial charge in [-0.05, 0) is 29.3 Å². The Bertz CT molecular complexity index is 516. The van der Waals surface area contributed by atoms with Gasteiger partial charge in [-0.25, -0.2) is 9.37 Å². The van der Waals surface area contributed by atoms with Crippen LogP contribution in [0.3, 0.4) is 0 Å². The molecule has 0 atom stereocenters. The first-order valence-electron chi connectivity index (χ1n) is 4.67. The van der Waals surface area contributed by atoms with Gasteiger partial charge in [0.05, 0.1) is 0 Å². The van der Waals surface area contributed by atoms with Crippen molar-refractivity contribution in [3.8, 4) is 11.1 Å². The van der Waals surface area contributed by atoms with E-state index < -0.39 is 0 Å². The van der Waals surface area contributed by atoms with E-state index in [0.717, 1.165) is 16.7 Å². The van der Waals surface area contributed by atoms with Crippen molar-refractivity contribution in [3.05, 3.63) is 53.1 Å². The molecule has 2 aromatic rings. The van der Waals surface area contributed by atoms with E-state index in [1.165, 1.54) is 12.1 Å². The maximum Gasteiger partial charge on any atom is 0.136 e. The predicted octanol–water partition coefficient (Wildman–Crippen LogP) is 4.44. The van der Waals surface area contributed by atoms with Crippen molar-refractivity contribution in [1.29, 1.82) is 0 Å². The van der Waals surface area contributed by atoms with Crippen LogP contribution < -0.4 is 0 Å². The Hall–Kier alpha value is -0.930. The fraction of sp³-hybridized carbons (Fsp3) is 0.0833. The number of nitrogens with zero attached hydrogens (tertiary/aromatic N) is 1. The Morgan fingerprint density at radius 3 is 2.81 bits per heavy atom. The van der Waals surface area contributed by atoms with Crippen molar-refractivity contribution >= 4 is 27.5 Å². The zero-order valence-electron chi connectivity index (χ0n) is 8.25. The minimum atomic E-state index is -0.280. The number of hydrogen-bond donors (Lipinski definition) is 0. The smallest absolute Gasteiger partial charge is 0.136 e. The molecule has 0 fully saturated rings. The van der Waals surface area contributed by atoms with Gasteiger partial charge in [0.2, 0.25) is 0 Å². The molecule has 82 valence electrons. The minimum absolute atomic E-state index is 0.280. The molecular formula is C12H8BrClFN. The van der Waals surface area contributed by atoms with Crippen molar-refractivity contribution < 1.29 is 4.39 Å². The van der Waals surface area contributed by atoms with Crippen LogP contribution in [0.2, 0.25) is 5.15 Å². The lowest BCUT2D eigenvalue weighted by Gasteiger charge is -2.05. The third-order valence-corrected chi connectivity index (χ3v) is 3.13. The number of alkyl halides is 1. The summed E-state index contributed by atoms with van der Waals surface area (Å²) in [7, 11) is 0. The van der Waals surface area contributed by atoms with Crippen molar-refractivity contribution in [2.75, 3.05) is 0 Å². The molecule has 2 rings (SSSR count). The molecule has 0 bridgehead atoms. The third kappa shape index (κ3) is 2.42. The Morgan fingerprint density at radius 2 is 2.12 bits per heavy atom. The van der Waals surface area contributed by atoms with Gasteiger partial charge in [0.25, 0.3) is 0 Å². The monoisotopic (exact) mass is 299 g/mol. The highest BCUT2D eigenvalue weighted by molar-refractivity contribution is 9.08. The number of rotatable bonds is 2. The molecule has 0 aliphatic heterocycles. The molecule has 0 amide bonds. The normalized spacial score (nSPS) is 10.4. The number of pyridine rings is 1. The lowest BCUT2D eigenvalue weighted by Crippen LogP contribution is -1.88. The molecule has 0 saturated carbocycles. The van der Waals surface area contributed by atoms with E-state index in [0.29, 0.717) is 10.5 Å². The van der Waals surface area contributed by atoms with E-state index in [9.17, 15) is 4.39 Å². The molecule has 0 spiro atoms. The van der Waals surface area contributed by atoms with E-state index in [-0.39, 0.29) is 5.82 Å². The van der Waals surface area contributed by atoms with Crippen molar-refractivity contribution in [1.82, 2.24) is 4.98 Å². The zero-order chi connectivity index (χ0) is 11.5. The van der Waals surface area contributed by atoms with Gasteiger partial charge >= 0.3 is 0 Å². The standard InChI is InChI=1S/C12H8BrClFN/c13-6-8-4-11(12(14)16-7-8)9-2-1-3-10(15)5-9/h1-5,7H,6H2. The van der Waals surface area contributed by atoms with E-state index in [1.54, 1.807) is 12.3 Å². The Kier molecular flexibility index (Phi) is 3.56. The highest BCUT2D eigenvalue weighted by Gasteiger charge is 2.06. The first kappa shape index (κ1) is 11.6. The number of aromatic nitrogens is 1. The summed E-state index contributed by atoms with van der Waals surface area (Å²) in [5.74, 6) is -0.280. The molecule has 0 aliphatic rings. The molecule has 0 saturated heterocycles. The summed E-state index contributed by atoms with van der Waals surface area (Å²) in [6.45, 7) is 0. The van der Waals surface area contributed by atoms with Crippen LogP contribution in [0, 0.1) is 5.82 Å². The quantitative estimate of drug-likeness (QED) is 0.590. The van der Waals surface area contributed by atoms with Crippen LogP contribution in [0.25, 0.3) is 11.1 Å². The number of benzene rings is 1. The summed E-state index contributed by atoms with van der Waals surface area (Å²) in [6.07, 6.45) is 1.69. The van der Waals surface area contributed by atoms with E-state index in [1.807, 2.05) is 12.1 Å². The van der Waals surface area contributed by atoms with Crippen LogP contribution in [0.4, 0.5) is 4.39 Å². The van der Waals surface area contributed by atoms with Gasteiger partial charge in [0, 0.05) is 17.1 Å². The maximum atomic E-state index is 13.1. The van der Waals surface area contributed by atoms with Crippen LogP contribution >= 0.6 is 27.5 Å². The SMILES string of the molecule is Fc1cccc(-c2cc(CBr)cnc2Cl)c1. The van der Waals surface area contributed by atoms with E-state index in [4.69, 9.17) is 11.6 Å². The van der Waals surface area contributed by atoms with Gasteiger partial charge in [0.1, 0.15) is 11.0 Å². The summed E-state index contributed by atoms with van der Waals surface area (Å²) in [6, 6.07) is 8.21. The van der Waals surface area contributed by atoms with Crippen LogP contribution in [0.1, 0.15) is 5.56 Å². The van der Waals surface area contributed by atoms with Crippen LogP contribution in [0.5, 0.6) is 0 Å².